The van der Waals surface area contributed by atoms with E-state index in [1.807, 2.05) is 43.9 Å². The van der Waals surface area contributed by atoms with Gasteiger partial charge in [-0.2, -0.15) is 0 Å². The Morgan fingerprint density at radius 2 is 2.36 bits per heavy atom. The molecule has 1 unspecified atom stereocenters. The molecule has 1 aliphatic rings. The van der Waals surface area contributed by atoms with Gasteiger partial charge in [0.25, 0.3) is 0 Å². The van der Waals surface area contributed by atoms with Crippen molar-refractivity contribution in [2.24, 2.45) is 0 Å². The molecule has 5 heteroatoms. The van der Waals surface area contributed by atoms with E-state index in [4.69, 9.17) is 9.47 Å². The van der Waals surface area contributed by atoms with Crippen molar-refractivity contribution in [3.05, 3.63) is 35.7 Å². The third-order valence-electron chi connectivity index (χ3n) is 3.59. The fraction of sp³-hybridized carbons (Fsp3) is 0.529. The zero-order valence-electron chi connectivity index (χ0n) is 13.5. The number of rotatable bonds is 5. The summed E-state index contributed by atoms with van der Waals surface area (Å²) in [6.07, 6.45) is 4.43. The summed E-state index contributed by atoms with van der Waals surface area (Å²) >= 11 is 0. The van der Waals surface area contributed by atoms with Crippen molar-refractivity contribution in [1.29, 1.82) is 0 Å². The Morgan fingerprint density at radius 1 is 1.55 bits per heavy atom. The second-order valence-corrected chi connectivity index (χ2v) is 5.49. The number of pyridine rings is 1. The summed E-state index contributed by atoms with van der Waals surface area (Å²) in [6, 6.07) is 3.80. The molecule has 1 aromatic rings. The van der Waals surface area contributed by atoms with Crippen LogP contribution in [-0.4, -0.2) is 48.2 Å². The van der Waals surface area contributed by atoms with Crippen LogP contribution in [0.15, 0.2) is 30.0 Å². The Kier molecular flexibility index (Phi) is 5.95. The molecule has 2 rings (SSSR count). The first kappa shape index (κ1) is 16.5. The van der Waals surface area contributed by atoms with E-state index in [2.05, 4.69) is 4.98 Å². The van der Waals surface area contributed by atoms with Gasteiger partial charge < -0.3 is 14.4 Å². The number of nitrogens with zero attached hydrogens (tertiary/aromatic N) is 2. The van der Waals surface area contributed by atoms with Gasteiger partial charge in [-0.3, -0.25) is 9.78 Å². The van der Waals surface area contributed by atoms with Crippen LogP contribution in [0.25, 0.3) is 0 Å². The maximum absolute atomic E-state index is 12.3. The van der Waals surface area contributed by atoms with E-state index in [-0.39, 0.29) is 12.0 Å². The van der Waals surface area contributed by atoms with Gasteiger partial charge in [-0.05, 0) is 32.4 Å². The minimum absolute atomic E-state index is 0.0900. The first-order valence-corrected chi connectivity index (χ1v) is 7.73. The molecule has 0 saturated carbocycles. The fourth-order valence-electron chi connectivity index (χ4n) is 2.38. The molecule has 0 aromatic carbocycles. The SMILES string of the molecule is CCC=C(C)C(=O)N1CCOC(COc2ccc(C)nc2)C1. The highest BCUT2D eigenvalue weighted by Crippen LogP contribution is 2.13. The van der Waals surface area contributed by atoms with Gasteiger partial charge in [0.15, 0.2) is 0 Å². The number of hydrogen-bond acceptors (Lipinski definition) is 4. The van der Waals surface area contributed by atoms with Gasteiger partial charge in [0.2, 0.25) is 5.91 Å². The molecule has 1 saturated heterocycles. The first-order chi connectivity index (χ1) is 10.6. The molecule has 2 heterocycles. The number of aryl methyl sites for hydroxylation is 1. The van der Waals surface area contributed by atoms with E-state index in [1.54, 1.807) is 6.20 Å². The van der Waals surface area contributed by atoms with Crippen molar-refractivity contribution in [2.45, 2.75) is 33.3 Å². The molecular formula is C17H24N2O3. The van der Waals surface area contributed by atoms with Crippen molar-refractivity contribution in [1.82, 2.24) is 9.88 Å². The van der Waals surface area contributed by atoms with Crippen molar-refractivity contribution in [3.8, 4) is 5.75 Å². The number of aromatic nitrogens is 1. The second kappa shape index (κ2) is 7.94. The Morgan fingerprint density at radius 3 is 3.05 bits per heavy atom. The van der Waals surface area contributed by atoms with Gasteiger partial charge in [0.05, 0.1) is 19.3 Å². The standard InChI is InChI=1S/C17H24N2O3/c1-4-5-13(2)17(20)19-8-9-21-16(11-19)12-22-15-7-6-14(3)18-10-15/h5-7,10,16H,4,8-9,11-12H2,1-3H3. The third-order valence-corrected chi connectivity index (χ3v) is 3.59. The van der Waals surface area contributed by atoms with Crippen LogP contribution >= 0.6 is 0 Å². The van der Waals surface area contributed by atoms with E-state index in [0.29, 0.717) is 26.3 Å². The molecule has 0 spiro atoms. The summed E-state index contributed by atoms with van der Waals surface area (Å²) in [7, 11) is 0. The van der Waals surface area contributed by atoms with Crippen molar-refractivity contribution in [3.63, 3.8) is 0 Å². The molecule has 0 N–H and O–H groups in total. The summed E-state index contributed by atoms with van der Waals surface area (Å²) in [5.41, 5.74) is 1.75. The molecule has 22 heavy (non-hydrogen) atoms. The molecule has 0 bridgehead atoms. The zero-order chi connectivity index (χ0) is 15.9. The molecule has 5 nitrogen and oxygen atoms in total. The smallest absolute Gasteiger partial charge is 0.249 e. The number of carbonyl (C=O) groups excluding carboxylic acids is 1. The van der Waals surface area contributed by atoms with E-state index >= 15 is 0 Å². The summed E-state index contributed by atoms with van der Waals surface area (Å²) in [4.78, 5) is 18.3. The van der Waals surface area contributed by atoms with Gasteiger partial charge in [0.1, 0.15) is 18.5 Å². The van der Waals surface area contributed by atoms with E-state index < -0.39 is 0 Å². The quantitative estimate of drug-likeness (QED) is 0.784. The highest BCUT2D eigenvalue weighted by atomic mass is 16.5. The van der Waals surface area contributed by atoms with Crippen LogP contribution in [0.1, 0.15) is 26.0 Å². The predicted octanol–water partition coefficient (Wildman–Crippen LogP) is 2.35. The van der Waals surface area contributed by atoms with Crippen LogP contribution in [0, 0.1) is 6.92 Å². The van der Waals surface area contributed by atoms with Gasteiger partial charge in [0, 0.05) is 17.8 Å². The molecular weight excluding hydrogens is 280 g/mol. The van der Waals surface area contributed by atoms with Crippen LogP contribution in [0.5, 0.6) is 5.75 Å². The van der Waals surface area contributed by atoms with Gasteiger partial charge in [-0.25, -0.2) is 0 Å². The Labute approximate surface area is 131 Å². The summed E-state index contributed by atoms with van der Waals surface area (Å²) in [5.74, 6) is 0.812. The Hall–Kier alpha value is -1.88. The molecule has 1 fully saturated rings. The summed E-state index contributed by atoms with van der Waals surface area (Å²) < 4.78 is 11.4. The number of hydrogen-bond donors (Lipinski definition) is 0. The van der Waals surface area contributed by atoms with E-state index in [9.17, 15) is 4.79 Å². The van der Waals surface area contributed by atoms with Crippen LogP contribution in [-0.2, 0) is 9.53 Å². The zero-order valence-corrected chi connectivity index (χ0v) is 13.5. The molecule has 1 aromatic heterocycles. The average Bonchev–Trinajstić information content (AvgIpc) is 2.54. The number of allylic oxidation sites excluding steroid dienone is 1. The lowest BCUT2D eigenvalue weighted by molar-refractivity contribution is -0.135. The third kappa shape index (κ3) is 4.56. The monoisotopic (exact) mass is 304 g/mol. The van der Waals surface area contributed by atoms with Crippen LogP contribution in [0.3, 0.4) is 0 Å². The van der Waals surface area contributed by atoms with Crippen molar-refractivity contribution in [2.75, 3.05) is 26.3 Å². The van der Waals surface area contributed by atoms with Gasteiger partial charge in [-0.15, -0.1) is 0 Å². The van der Waals surface area contributed by atoms with E-state index in [1.165, 1.54) is 0 Å². The second-order valence-electron chi connectivity index (χ2n) is 5.49. The lowest BCUT2D eigenvalue weighted by Crippen LogP contribution is -2.47. The Balaban J connectivity index is 1.86. The molecule has 1 atom stereocenters. The number of morpholine rings is 1. The normalized spacial score (nSPS) is 19.1. The average molecular weight is 304 g/mol. The van der Waals surface area contributed by atoms with Gasteiger partial charge in [-0.1, -0.05) is 13.0 Å². The van der Waals surface area contributed by atoms with Crippen molar-refractivity contribution < 1.29 is 14.3 Å². The summed E-state index contributed by atoms with van der Waals surface area (Å²) in [6.45, 7) is 8.00. The maximum atomic E-state index is 12.3. The minimum Gasteiger partial charge on any atom is -0.489 e. The van der Waals surface area contributed by atoms with Crippen LogP contribution in [0.4, 0.5) is 0 Å². The lowest BCUT2D eigenvalue weighted by atomic mass is 10.2. The van der Waals surface area contributed by atoms with Gasteiger partial charge >= 0.3 is 0 Å². The first-order valence-electron chi connectivity index (χ1n) is 7.73. The molecule has 1 amide bonds. The predicted molar refractivity (Wildman–Crippen MR) is 84.8 cm³/mol. The number of carbonyl (C=O) groups is 1. The van der Waals surface area contributed by atoms with Crippen LogP contribution < -0.4 is 4.74 Å². The molecule has 0 aliphatic carbocycles. The van der Waals surface area contributed by atoms with E-state index in [0.717, 1.165) is 23.4 Å². The Bertz CT molecular complexity index is 525. The number of amides is 1. The van der Waals surface area contributed by atoms with Crippen molar-refractivity contribution >= 4 is 5.91 Å². The number of ether oxygens (including phenoxy) is 2. The minimum atomic E-state index is -0.103. The highest BCUT2D eigenvalue weighted by molar-refractivity contribution is 5.92. The fourth-order valence-corrected chi connectivity index (χ4v) is 2.38. The lowest BCUT2D eigenvalue weighted by Gasteiger charge is -2.33. The molecule has 0 radical (unpaired) electrons. The highest BCUT2D eigenvalue weighted by Gasteiger charge is 2.25. The summed E-state index contributed by atoms with van der Waals surface area (Å²) in [5, 5.41) is 0. The topological polar surface area (TPSA) is 51.7 Å². The molecule has 1 aliphatic heterocycles. The maximum Gasteiger partial charge on any atom is 0.249 e. The largest absolute Gasteiger partial charge is 0.489 e. The molecule has 120 valence electrons. The van der Waals surface area contributed by atoms with Crippen LogP contribution in [0.2, 0.25) is 0 Å².